The van der Waals surface area contributed by atoms with Crippen LogP contribution in [0.1, 0.15) is 0 Å². The molecule has 11 rings (SSSR count). The largest absolute Gasteiger partial charge is 0.309 e. The first-order valence-corrected chi connectivity index (χ1v) is 16.4. The van der Waals surface area contributed by atoms with Gasteiger partial charge in [0, 0.05) is 49.1 Å². The highest BCUT2D eigenvalue weighted by atomic mass is 15.0. The lowest BCUT2D eigenvalue weighted by Gasteiger charge is -2.13. The molecule has 0 aliphatic carbocycles. The van der Waals surface area contributed by atoms with E-state index in [9.17, 15) is 0 Å². The first-order chi connectivity index (χ1) is 23.8. The van der Waals surface area contributed by atoms with E-state index in [4.69, 9.17) is 9.97 Å². The first kappa shape index (κ1) is 25.6. The molecule has 7 aromatic carbocycles. The lowest BCUT2D eigenvalue weighted by Crippen LogP contribution is -1.98. The zero-order chi connectivity index (χ0) is 31.3. The zero-order valence-electron chi connectivity index (χ0n) is 25.8. The summed E-state index contributed by atoms with van der Waals surface area (Å²) in [5.41, 5.74) is 11.1. The molecule has 11 aromatic rings. The molecule has 0 amide bonds. The molecule has 0 spiro atoms. The van der Waals surface area contributed by atoms with Crippen LogP contribution in [0.2, 0.25) is 0 Å². The van der Waals surface area contributed by atoms with Crippen molar-refractivity contribution in [2.45, 2.75) is 0 Å². The number of benzene rings is 7. The summed E-state index contributed by atoms with van der Waals surface area (Å²) in [4.78, 5) is 10.3. The van der Waals surface area contributed by atoms with Gasteiger partial charge < -0.3 is 8.97 Å². The molecule has 0 N–H and O–H groups in total. The Morgan fingerprint density at radius 3 is 1.83 bits per heavy atom. The monoisotopic (exact) mass is 610 g/mol. The summed E-state index contributed by atoms with van der Waals surface area (Å²) in [6, 6.07) is 56.4. The van der Waals surface area contributed by atoms with E-state index in [1.165, 1.54) is 59.9 Å². The second-order valence-electron chi connectivity index (χ2n) is 12.6. The van der Waals surface area contributed by atoms with Crippen LogP contribution in [0, 0.1) is 0 Å². The number of fused-ring (bicyclic) bond motifs is 6. The molecule has 0 saturated carbocycles. The molecule has 0 fully saturated rings. The molecule has 4 heteroatoms. The van der Waals surface area contributed by atoms with Gasteiger partial charge in [0.15, 0.2) is 5.82 Å². The highest BCUT2D eigenvalue weighted by Crippen LogP contribution is 2.44. The van der Waals surface area contributed by atoms with Gasteiger partial charge in [0.05, 0.1) is 38.8 Å². The number of rotatable bonds is 3. The second-order valence-corrected chi connectivity index (χ2v) is 12.6. The van der Waals surface area contributed by atoms with Crippen molar-refractivity contribution in [3.8, 4) is 28.3 Å². The van der Waals surface area contributed by atoms with Crippen molar-refractivity contribution in [2.24, 2.45) is 0 Å². The number of para-hydroxylation sites is 2. The summed E-state index contributed by atoms with van der Waals surface area (Å²) in [6.45, 7) is 0. The van der Waals surface area contributed by atoms with Crippen molar-refractivity contribution in [1.29, 1.82) is 0 Å². The van der Waals surface area contributed by atoms with Crippen molar-refractivity contribution in [3.63, 3.8) is 0 Å². The molecule has 0 saturated heterocycles. The Labute approximate surface area is 275 Å². The van der Waals surface area contributed by atoms with Crippen LogP contribution in [0.3, 0.4) is 0 Å². The molecular weight excluding hydrogens is 585 g/mol. The van der Waals surface area contributed by atoms with E-state index in [0.29, 0.717) is 0 Å². The molecule has 222 valence electrons. The SMILES string of the molecule is c1ccc(-c2nc(-c3ccccc3)c3ccc(-n4c5cccc6c7cccc8c9ccccc9n(c9cccc4c9c65)c78)cc3n2)cc1. The molecule has 0 atom stereocenters. The maximum absolute atomic E-state index is 5.18. The van der Waals surface area contributed by atoms with Gasteiger partial charge in [-0.05, 0) is 47.9 Å². The Hall–Kier alpha value is -6.52. The fourth-order valence-electron chi connectivity index (χ4n) is 8.05. The van der Waals surface area contributed by atoms with Crippen LogP contribution in [-0.2, 0) is 0 Å². The smallest absolute Gasteiger partial charge is 0.160 e. The number of aromatic nitrogens is 4. The number of hydrogen-bond acceptors (Lipinski definition) is 2. The van der Waals surface area contributed by atoms with Crippen LogP contribution in [0.5, 0.6) is 0 Å². The Morgan fingerprint density at radius 2 is 1.00 bits per heavy atom. The molecular formula is C44H26N4. The number of nitrogens with zero attached hydrogens (tertiary/aromatic N) is 4. The number of hydrogen-bond donors (Lipinski definition) is 0. The summed E-state index contributed by atoms with van der Waals surface area (Å²) in [5.74, 6) is 0.723. The van der Waals surface area contributed by atoms with Gasteiger partial charge in [-0.25, -0.2) is 9.97 Å². The summed E-state index contributed by atoms with van der Waals surface area (Å²) in [7, 11) is 0. The van der Waals surface area contributed by atoms with E-state index < -0.39 is 0 Å². The minimum absolute atomic E-state index is 0.723. The Kier molecular flexibility index (Phi) is 5.08. The molecule has 0 unspecified atom stereocenters. The van der Waals surface area contributed by atoms with E-state index in [0.717, 1.165) is 39.2 Å². The topological polar surface area (TPSA) is 35.1 Å². The molecule has 48 heavy (non-hydrogen) atoms. The lowest BCUT2D eigenvalue weighted by atomic mass is 10.0. The van der Waals surface area contributed by atoms with Crippen molar-refractivity contribution >= 4 is 70.8 Å². The summed E-state index contributed by atoms with van der Waals surface area (Å²) < 4.78 is 4.90. The Morgan fingerprint density at radius 1 is 0.396 bits per heavy atom. The van der Waals surface area contributed by atoms with Gasteiger partial charge in [0.2, 0.25) is 0 Å². The minimum atomic E-state index is 0.723. The fraction of sp³-hybridized carbons (Fsp3) is 0. The summed E-state index contributed by atoms with van der Waals surface area (Å²) in [5, 5.41) is 8.66. The van der Waals surface area contributed by atoms with Crippen LogP contribution in [-0.4, -0.2) is 18.9 Å². The first-order valence-electron chi connectivity index (χ1n) is 16.4. The quantitative estimate of drug-likeness (QED) is 0.199. The van der Waals surface area contributed by atoms with Crippen LogP contribution in [0.15, 0.2) is 158 Å². The molecule has 4 heterocycles. The molecule has 4 aromatic heterocycles. The maximum Gasteiger partial charge on any atom is 0.160 e. The standard InChI is InChI=1S/C44H26N4/c1-3-12-27(13-4-1)42-34-25-24-29(26-35(34)45-44(46-42)28-14-5-2-6-15-28)47-37-21-10-17-31-33-19-9-18-32-30-16-7-8-20-36(30)48(43(32)33)39-23-11-22-38(47)41(39)40(31)37/h1-26H. The van der Waals surface area contributed by atoms with Gasteiger partial charge in [-0.15, -0.1) is 0 Å². The lowest BCUT2D eigenvalue weighted by molar-refractivity contribution is 1.17. The zero-order valence-corrected chi connectivity index (χ0v) is 25.8. The second kappa shape index (κ2) is 9.50. The molecule has 0 aliphatic rings. The normalized spacial score (nSPS) is 12.2. The van der Waals surface area contributed by atoms with Gasteiger partial charge >= 0.3 is 0 Å². The molecule has 0 bridgehead atoms. The van der Waals surface area contributed by atoms with E-state index in [-0.39, 0.29) is 0 Å². The van der Waals surface area contributed by atoms with E-state index in [1.807, 2.05) is 24.3 Å². The average molecular weight is 611 g/mol. The van der Waals surface area contributed by atoms with Crippen molar-refractivity contribution in [1.82, 2.24) is 18.9 Å². The third kappa shape index (κ3) is 3.38. The van der Waals surface area contributed by atoms with Crippen molar-refractivity contribution in [3.05, 3.63) is 158 Å². The Balaban J connectivity index is 1.28. The van der Waals surface area contributed by atoms with Crippen LogP contribution in [0.4, 0.5) is 0 Å². The van der Waals surface area contributed by atoms with E-state index in [1.54, 1.807) is 0 Å². The van der Waals surface area contributed by atoms with E-state index >= 15 is 0 Å². The van der Waals surface area contributed by atoms with Crippen LogP contribution < -0.4 is 0 Å². The summed E-state index contributed by atoms with van der Waals surface area (Å²) in [6.07, 6.45) is 0. The third-order valence-electron chi connectivity index (χ3n) is 10.0. The third-order valence-corrected chi connectivity index (χ3v) is 10.0. The molecule has 0 aliphatic heterocycles. The van der Waals surface area contributed by atoms with Gasteiger partial charge in [-0.1, -0.05) is 115 Å². The Bertz CT molecular complexity index is 3040. The van der Waals surface area contributed by atoms with Gasteiger partial charge in [-0.2, -0.15) is 0 Å². The van der Waals surface area contributed by atoms with Crippen molar-refractivity contribution < 1.29 is 0 Å². The predicted molar refractivity (Wildman–Crippen MR) is 199 cm³/mol. The van der Waals surface area contributed by atoms with Gasteiger partial charge in [-0.3, -0.25) is 0 Å². The fourth-order valence-corrected chi connectivity index (χ4v) is 8.05. The average Bonchev–Trinajstić information content (AvgIpc) is 3.64. The minimum Gasteiger partial charge on any atom is -0.309 e. The predicted octanol–water partition coefficient (Wildman–Crippen LogP) is 11.2. The van der Waals surface area contributed by atoms with Crippen molar-refractivity contribution in [2.75, 3.05) is 0 Å². The summed E-state index contributed by atoms with van der Waals surface area (Å²) >= 11 is 0. The maximum atomic E-state index is 5.18. The van der Waals surface area contributed by atoms with E-state index in [2.05, 4.69) is 142 Å². The molecule has 4 nitrogen and oxygen atoms in total. The highest BCUT2D eigenvalue weighted by Gasteiger charge is 2.22. The molecule has 0 radical (unpaired) electrons. The highest BCUT2D eigenvalue weighted by molar-refractivity contribution is 6.31. The van der Waals surface area contributed by atoms with Gasteiger partial charge in [0.1, 0.15) is 0 Å². The van der Waals surface area contributed by atoms with Crippen LogP contribution >= 0.6 is 0 Å². The van der Waals surface area contributed by atoms with Crippen LogP contribution in [0.25, 0.3) is 99.1 Å². The van der Waals surface area contributed by atoms with Gasteiger partial charge in [0.25, 0.3) is 0 Å².